The highest BCUT2D eigenvalue weighted by molar-refractivity contribution is 7.51. The van der Waals surface area contributed by atoms with Crippen LogP contribution in [0.4, 0.5) is 5.82 Å². The molecule has 10 nitrogen and oxygen atoms in total. The lowest BCUT2D eigenvalue weighted by Gasteiger charge is -2.30. The van der Waals surface area contributed by atoms with Gasteiger partial charge in [0.05, 0.1) is 12.9 Å². The van der Waals surface area contributed by atoms with Crippen LogP contribution in [0.15, 0.2) is 43.0 Å². The highest BCUT2D eigenvalue weighted by Gasteiger charge is 2.47. The predicted molar refractivity (Wildman–Crippen MR) is 100.0 cm³/mol. The van der Waals surface area contributed by atoms with Crippen LogP contribution in [0.5, 0.6) is 0 Å². The van der Waals surface area contributed by atoms with Gasteiger partial charge in [0.2, 0.25) is 0 Å². The van der Waals surface area contributed by atoms with Gasteiger partial charge in [0.25, 0.3) is 0 Å². The first-order chi connectivity index (χ1) is 13.6. The summed E-state index contributed by atoms with van der Waals surface area (Å²) < 4.78 is 32.0. The van der Waals surface area contributed by atoms with Gasteiger partial charge < -0.3 is 10.5 Å². The quantitative estimate of drug-likeness (QED) is 0.630. The number of rotatable bonds is 4. The van der Waals surface area contributed by atoms with Crippen molar-refractivity contribution >= 4 is 24.7 Å². The monoisotopic (exact) mass is 402 g/mol. The smallest absolute Gasteiger partial charge is 0.382 e. The fraction of sp³-hybridized carbons (Fsp3) is 0.353. The summed E-state index contributed by atoms with van der Waals surface area (Å²) >= 11 is 0. The molecule has 5 rings (SSSR count). The van der Waals surface area contributed by atoms with Crippen LogP contribution in [0.3, 0.4) is 0 Å². The Morgan fingerprint density at radius 1 is 1.21 bits per heavy atom. The van der Waals surface area contributed by atoms with Crippen LogP contribution >= 0.6 is 7.75 Å². The SMILES string of the molecule is Nc1ncnc2c1ncn2[C@H]1C[C@@H]2O[P@@](=O)(NCc3ccccc3)OC[C@H]2O1. The van der Waals surface area contributed by atoms with Crippen LogP contribution in [-0.2, 0) is 24.9 Å². The summed E-state index contributed by atoms with van der Waals surface area (Å²) in [7, 11) is -3.41. The van der Waals surface area contributed by atoms with Crippen molar-refractivity contribution in [2.24, 2.45) is 0 Å². The van der Waals surface area contributed by atoms with Gasteiger partial charge in [-0.05, 0) is 5.56 Å². The zero-order chi connectivity index (χ0) is 19.1. The molecule has 2 saturated heterocycles. The third-order valence-corrected chi connectivity index (χ3v) is 6.46. The number of ether oxygens (including phenoxy) is 1. The number of hydrogen-bond donors (Lipinski definition) is 2. The first-order valence-electron chi connectivity index (χ1n) is 8.92. The van der Waals surface area contributed by atoms with Gasteiger partial charge in [0.15, 0.2) is 11.5 Å². The van der Waals surface area contributed by atoms with Crippen LogP contribution in [0.2, 0.25) is 0 Å². The molecule has 3 N–H and O–H groups in total. The zero-order valence-electron chi connectivity index (χ0n) is 14.8. The Balaban J connectivity index is 1.30. The maximum Gasteiger partial charge on any atom is 0.406 e. The third-order valence-electron chi connectivity index (χ3n) is 4.88. The Hall–Kier alpha value is -2.36. The van der Waals surface area contributed by atoms with Gasteiger partial charge in [-0.3, -0.25) is 13.6 Å². The summed E-state index contributed by atoms with van der Waals surface area (Å²) in [5.41, 5.74) is 7.95. The fourth-order valence-electron chi connectivity index (χ4n) is 3.46. The molecule has 4 heterocycles. The Morgan fingerprint density at radius 2 is 2.07 bits per heavy atom. The number of nitrogens with two attached hydrogens (primary N) is 1. The van der Waals surface area contributed by atoms with E-state index in [0.29, 0.717) is 29.9 Å². The molecule has 0 saturated carbocycles. The van der Waals surface area contributed by atoms with Crippen LogP contribution in [-0.4, -0.2) is 38.3 Å². The standard InChI is InChI=1S/C17H19N6O4P/c18-16-15-17(20-9-19-16)23(10-21-15)14-6-12-13(26-14)8-25-28(24,27-12)22-7-11-4-2-1-3-5-11/h1-5,9-10,12-14H,6-8H2,(H,22,24)(H2,18,19,20)/t12-,13+,14+,28+/m0/s1. The number of nitrogens with one attached hydrogen (secondary N) is 1. The number of nitrogens with zero attached hydrogens (tertiary/aromatic N) is 4. The third kappa shape index (κ3) is 3.19. The van der Waals surface area contributed by atoms with Crippen molar-refractivity contribution in [3.05, 3.63) is 48.5 Å². The molecule has 2 aliphatic heterocycles. The summed E-state index contributed by atoms with van der Waals surface area (Å²) in [5, 5.41) is 2.91. The van der Waals surface area contributed by atoms with Crippen molar-refractivity contribution in [1.82, 2.24) is 24.6 Å². The van der Waals surface area contributed by atoms with Crippen LogP contribution in [0, 0.1) is 0 Å². The number of benzene rings is 1. The second kappa shape index (κ2) is 6.91. The molecule has 146 valence electrons. The molecule has 2 fully saturated rings. The van der Waals surface area contributed by atoms with Gasteiger partial charge in [-0.1, -0.05) is 30.3 Å². The van der Waals surface area contributed by atoms with Crippen molar-refractivity contribution in [3.63, 3.8) is 0 Å². The summed E-state index contributed by atoms with van der Waals surface area (Å²) in [6.45, 7) is 0.576. The molecule has 0 amide bonds. The average Bonchev–Trinajstić information content (AvgIpc) is 3.31. The summed E-state index contributed by atoms with van der Waals surface area (Å²) in [6.07, 6.45) is 2.47. The lowest BCUT2D eigenvalue weighted by atomic mass is 10.2. The van der Waals surface area contributed by atoms with Crippen LogP contribution in [0.25, 0.3) is 11.2 Å². The minimum Gasteiger partial charge on any atom is -0.382 e. The van der Waals surface area contributed by atoms with E-state index in [1.807, 2.05) is 30.3 Å². The van der Waals surface area contributed by atoms with Crippen molar-refractivity contribution in [2.45, 2.75) is 31.4 Å². The van der Waals surface area contributed by atoms with Gasteiger partial charge in [-0.2, -0.15) is 0 Å². The molecule has 2 aliphatic rings. The van der Waals surface area contributed by atoms with Gasteiger partial charge in [-0.15, -0.1) is 0 Å². The molecule has 0 spiro atoms. The van der Waals surface area contributed by atoms with E-state index in [1.165, 1.54) is 6.33 Å². The number of anilines is 1. The van der Waals surface area contributed by atoms with Crippen LogP contribution < -0.4 is 10.8 Å². The highest BCUT2D eigenvalue weighted by atomic mass is 31.2. The molecule has 0 radical (unpaired) electrons. The molecule has 1 aromatic carbocycles. The van der Waals surface area contributed by atoms with Crippen molar-refractivity contribution in [1.29, 1.82) is 0 Å². The summed E-state index contributed by atoms with van der Waals surface area (Å²) in [6, 6.07) is 9.66. The molecule has 2 aromatic heterocycles. The van der Waals surface area contributed by atoms with E-state index >= 15 is 0 Å². The van der Waals surface area contributed by atoms with E-state index in [-0.39, 0.29) is 25.0 Å². The van der Waals surface area contributed by atoms with Gasteiger partial charge in [0.1, 0.15) is 30.3 Å². The maximum atomic E-state index is 12.9. The maximum absolute atomic E-state index is 12.9. The first-order valence-corrected chi connectivity index (χ1v) is 10.5. The zero-order valence-corrected chi connectivity index (χ0v) is 15.7. The van der Waals surface area contributed by atoms with E-state index in [9.17, 15) is 4.57 Å². The first kappa shape index (κ1) is 17.7. The molecular formula is C17H19N6O4P. The van der Waals surface area contributed by atoms with E-state index in [2.05, 4.69) is 20.0 Å². The molecule has 11 heteroatoms. The predicted octanol–water partition coefficient (Wildman–Crippen LogP) is 2.01. The van der Waals surface area contributed by atoms with Gasteiger partial charge >= 0.3 is 7.75 Å². The van der Waals surface area contributed by atoms with Crippen molar-refractivity contribution < 1.29 is 18.3 Å². The van der Waals surface area contributed by atoms with E-state index in [0.717, 1.165) is 5.56 Å². The lowest BCUT2D eigenvalue weighted by Crippen LogP contribution is -2.35. The molecule has 28 heavy (non-hydrogen) atoms. The van der Waals surface area contributed by atoms with E-state index < -0.39 is 7.75 Å². The minimum absolute atomic E-state index is 0.185. The number of fused-ring (bicyclic) bond motifs is 2. The lowest BCUT2D eigenvalue weighted by molar-refractivity contribution is -0.0581. The van der Waals surface area contributed by atoms with Crippen molar-refractivity contribution in [3.8, 4) is 0 Å². The molecule has 0 unspecified atom stereocenters. The number of imidazole rings is 1. The van der Waals surface area contributed by atoms with Crippen molar-refractivity contribution in [2.75, 3.05) is 12.3 Å². The Labute approximate surface area is 160 Å². The largest absolute Gasteiger partial charge is 0.406 e. The fourth-order valence-corrected chi connectivity index (χ4v) is 4.98. The second-order valence-corrected chi connectivity index (χ2v) is 8.49. The van der Waals surface area contributed by atoms with E-state index in [4.69, 9.17) is 19.5 Å². The number of hydrogen-bond acceptors (Lipinski definition) is 8. The average molecular weight is 402 g/mol. The molecule has 0 aliphatic carbocycles. The molecule has 4 atom stereocenters. The van der Waals surface area contributed by atoms with E-state index in [1.54, 1.807) is 10.9 Å². The van der Waals surface area contributed by atoms with Gasteiger partial charge in [-0.25, -0.2) is 24.6 Å². The number of nitrogen functional groups attached to an aromatic ring is 1. The second-order valence-electron chi connectivity index (χ2n) is 6.71. The molecular weight excluding hydrogens is 383 g/mol. The highest BCUT2D eigenvalue weighted by Crippen LogP contribution is 2.53. The topological polar surface area (TPSA) is 126 Å². The Morgan fingerprint density at radius 3 is 2.93 bits per heavy atom. The van der Waals surface area contributed by atoms with Crippen LogP contribution in [0.1, 0.15) is 18.2 Å². The summed E-state index contributed by atoms with van der Waals surface area (Å²) in [4.78, 5) is 12.5. The molecule has 0 bridgehead atoms. The Bertz CT molecular complexity index is 1040. The van der Waals surface area contributed by atoms with Gasteiger partial charge in [0, 0.05) is 13.0 Å². The Kier molecular flexibility index (Phi) is 4.37. The number of aromatic nitrogens is 4. The minimum atomic E-state index is -3.41. The summed E-state index contributed by atoms with van der Waals surface area (Å²) in [5.74, 6) is 0.313. The normalized spacial score (nSPS) is 29.8. The molecule has 3 aromatic rings.